The van der Waals surface area contributed by atoms with Crippen LogP contribution in [0.15, 0.2) is 12.4 Å². The molecule has 1 saturated heterocycles. The lowest BCUT2D eigenvalue weighted by molar-refractivity contribution is 0.0662. The van der Waals surface area contributed by atoms with E-state index < -0.39 is 0 Å². The molecule has 0 spiro atoms. The highest BCUT2D eigenvalue weighted by molar-refractivity contribution is 5.78. The fourth-order valence-electron chi connectivity index (χ4n) is 3.87. The molecule has 0 unspecified atom stereocenters. The number of nitrogens with zero attached hydrogens (tertiary/aromatic N) is 4. The summed E-state index contributed by atoms with van der Waals surface area (Å²) in [6.07, 6.45) is 10.8. The highest BCUT2D eigenvalue weighted by atomic mass is 16.5. The Morgan fingerprint density at radius 2 is 1.97 bits per heavy atom. The van der Waals surface area contributed by atoms with Gasteiger partial charge in [-0.25, -0.2) is 4.98 Å². The van der Waals surface area contributed by atoms with Gasteiger partial charge in [0.05, 0.1) is 23.6 Å². The monoisotopic (exact) mass is 399 g/mol. The van der Waals surface area contributed by atoms with Gasteiger partial charge >= 0.3 is 0 Å². The van der Waals surface area contributed by atoms with Crippen LogP contribution in [0, 0.1) is 12.3 Å². The lowest BCUT2D eigenvalue weighted by Crippen LogP contribution is -2.32. The van der Waals surface area contributed by atoms with Crippen molar-refractivity contribution in [3.63, 3.8) is 0 Å². The molecule has 29 heavy (non-hydrogen) atoms. The van der Waals surface area contributed by atoms with Crippen molar-refractivity contribution in [3.8, 4) is 5.88 Å². The number of aromatic nitrogens is 4. The Bertz CT molecular complexity index is 839. The van der Waals surface area contributed by atoms with Gasteiger partial charge in [0, 0.05) is 37.2 Å². The van der Waals surface area contributed by atoms with Crippen molar-refractivity contribution in [2.45, 2.75) is 63.6 Å². The molecule has 1 aliphatic heterocycles. The van der Waals surface area contributed by atoms with Gasteiger partial charge in [0.25, 0.3) is 0 Å². The number of hydrogen-bond acceptors (Lipinski definition) is 8. The van der Waals surface area contributed by atoms with Gasteiger partial charge in [-0.15, -0.1) is 0 Å². The Hall–Kier alpha value is -2.52. The number of hydrogen-bond donors (Lipinski definition) is 3. The lowest BCUT2D eigenvalue weighted by Gasteiger charge is -2.27. The van der Waals surface area contributed by atoms with E-state index in [1.165, 1.54) is 6.21 Å². The summed E-state index contributed by atoms with van der Waals surface area (Å²) >= 11 is 0. The van der Waals surface area contributed by atoms with Crippen molar-refractivity contribution in [3.05, 3.63) is 23.7 Å². The maximum atomic E-state index is 7.70. The average molecular weight is 399 g/mol. The molecule has 2 aliphatic rings. The van der Waals surface area contributed by atoms with E-state index in [1.807, 2.05) is 17.8 Å². The van der Waals surface area contributed by atoms with Crippen LogP contribution in [0.1, 0.15) is 55.8 Å². The summed E-state index contributed by atoms with van der Waals surface area (Å²) in [5.74, 6) is 0.932. The number of nitrogens with two attached hydrogens (primary N) is 1. The van der Waals surface area contributed by atoms with Gasteiger partial charge in [-0.2, -0.15) is 10.1 Å². The van der Waals surface area contributed by atoms with Gasteiger partial charge in [0.15, 0.2) is 0 Å². The van der Waals surface area contributed by atoms with Gasteiger partial charge in [-0.3, -0.25) is 4.68 Å². The number of rotatable bonds is 6. The van der Waals surface area contributed by atoms with E-state index >= 15 is 0 Å². The molecular weight excluding hydrogens is 370 g/mol. The minimum absolute atomic E-state index is 0.103. The van der Waals surface area contributed by atoms with E-state index in [1.54, 1.807) is 6.20 Å². The Labute approximate surface area is 170 Å². The molecule has 0 bridgehead atoms. The minimum Gasteiger partial charge on any atom is -0.474 e. The highest BCUT2D eigenvalue weighted by Crippen LogP contribution is 2.27. The zero-order valence-corrected chi connectivity index (χ0v) is 16.8. The minimum atomic E-state index is 0.103. The molecule has 0 amide bonds. The third-order valence-corrected chi connectivity index (χ3v) is 5.70. The zero-order valence-electron chi connectivity index (χ0n) is 16.8. The predicted molar refractivity (Wildman–Crippen MR) is 110 cm³/mol. The zero-order chi connectivity index (χ0) is 20.2. The molecule has 9 heteroatoms. The van der Waals surface area contributed by atoms with E-state index in [0.717, 1.165) is 63.0 Å². The summed E-state index contributed by atoms with van der Waals surface area (Å²) in [5.41, 5.74) is 8.13. The molecule has 2 aromatic heterocycles. The molecule has 2 fully saturated rings. The molecule has 3 heterocycles. The third-order valence-electron chi connectivity index (χ3n) is 5.70. The maximum absolute atomic E-state index is 7.70. The van der Waals surface area contributed by atoms with Gasteiger partial charge in [0.1, 0.15) is 6.10 Å². The number of ether oxygens (including phenoxy) is 2. The van der Waals surface area contributed by atoms with E-state index in [9.17, 15) is 0 Å². The van der Waals surface area contributed by atoms with Crippen LogP contribution >= 0.6 is 0 Å². The van der Waals surface area contributed by atoms with E-state index in [0.29, 0.717) is 23.6 Å². The van der Waals surface area contributed by atoms with Crippen LogP contribution in [0.2, 0.25) is 0 Å². The summed E-state index contributed by atoms with van der Waals surface area (Å²) in [6, 6.07) is 0.620. The molecule has 4 rings (SSSR count). The molecule has 2 aromatic rings. The predicted octanol–water partition coefficient (Wildman–Crippen LogP) is 2.72. The molecule has 9 nitrogen and oxygen atoms in total. The molecule has 0 radical (unpaired) electrons. The molecule has 0 aromatic carbocycles. The first-order chi connectivity index (χ1) is 14.1. The Kier molecular flexibility index (Phi) is 6.05. The number of anilines is 2. The summed E-state index contributed by atoms with van der Waals surface area (Å²) in [7, 11) is 0. The number of nitrogens with one attached hydrogen (secondary N) is 2. The fraction of sp³-hybridized carbons (Fsp3) is 0.600. The third kappa shape index (κ3) is 4.73. The van der Waals surface area contributed by atoms with Crippen LogP contribution in [0.4, 0.5) is 11.6 Å². The van der Waals surface area contributed by atoms with Gasteiger partial charge in [-0.1, -0.05) is 0 Å². The molecule has 1 saturated carbocycles. The first-order valence-electron chi connectivity index (χ1n) is 10.3. The second kappa shape index (κ2) is 8.87. The first-order valence-corrected chi connectivity index (χ1v) is 10.3. The molecular formula is C20H29N7O2. The largest absolute Gasteiger partial charge is 0.474 e. The molecule has 156 valence electrons. The summed E-state index contributed by atoms with van der Waals surface area (Å²) in [4.78, 5) is 9.03. The summed E-state index contributed by atoms with van der Waals surface area (Å²) in [6.45, 7) is 3.42. The highest BCUT2D eigenvalue weighted by Gasteiger charge is 2.22. The molecule has 1 aliphatic carbocycles. The van der Waals surface area contributed by atoms with Crippen LogP contribution < -0.4 is 15.8 Å². The van der Waals surface area contributed by atoms with Crippen molar-refractivity contribution in [2.24, 2.45) is 5.73 Å². The Balaban J connectivity index is 1.49. The van der Waals surface area contributed by atoms with Crippen molar-refractivity contribution in [1.29, 1.82) is 5.41 Å². The normalized spacial score (nSPS) is 23.0. The van der Waals surface area contributed by atoms with Crippen molar-refractivity contribution in [1.82, 2.24) is 19.7 Å². The topological polar surface area (TPSA) is 124 Å². The van der Waals surface area contributed by atoms with E-state index in [-0.39, 0.29) is 12.1 Å². The van der Waals surface area contributed by atoms with Crippen molar-refractivity contribution < 1.29 is 9.47 Å². The van der Waals surface area contributed by atoms with Crippen LogP contribution in [-0.4, -0.2) is 51.3 Å². The van der Waals surface area contributed by atoms with Crippen molar-refractivity contribution >= 4 is 17.9 Å². The van der Waals surface area contributed by atoms with Gasteiger partial charge in [-0.05, 0) is 45.4 Å². The van der Waals surface area contributed by atoms with Crippen LogP contribution in [-0.2, 0) is 4.74 Å². The quantitative estimate of drug-likeness (QED) is 0.638. The van der Waals surface area contributed by atoms with Gasteiger partial charge in [0.2, 0.25) is 11.8 Å². The van der Waals surface area contributed by atoms with E-state index in [2.05, 4.69) is 20.4 Å². The maximum Gasteiger partial charge on any atom is 0.231 e. The Morgan fingerprint density at radius 3 is 2.69 bits per heavy atom. The smallest absolute Gasteiger partial charge is 0.231 e. The van der Waals surface area contributed by atoms with Crippen LogP contribution in [0.25, 0.3) is 0 Å². The fourth-order valence-corrected chi connectivity index (χ4v) is 3.87. The second-order valence-corrected chi connectivity index (χ2v) is 7.84. The SMILES string of the molecule is Cc1c(C=N)nc(Nc2cnn(C3CCOCC3)c2)nc1O[C@H]1CC[C@H](N)CC1. The van der Waals surface area contributed by atoms with Gasteiger partial charge < -0.3 is 25.9 Å². The van der Waals surface area contributed by atoms with Crippen LogP contribution in [0.5, 0.6) is 5.88 Å². The summed E-state index contributed by atoms with van der Waals surface area (Å²) in [5, 5.41) is 15.4. The second-order valence-electron chi connectivity index (χ2n) is 7.84. The molecule has 4 N–H and O–H groups in total. The Morgan fingerprint density at radius 1 is 1.21 bits per heavy atom. The standard InChI is InChI=1S/C20H29N7O2/c1-13-18(10-21)25-20(26-19(13)29-17-4-2-14(22)3-5-17)24-15-11-23-27(12-15)16-6-8-28-9-7-16/h10-12,14,16-17,21H,2-9,22H2,1H3,(H,24,25,26)/t14-,17-. The van der Waals surface area contributed by atoms with Crippen molar-refractivity contribution in [2.75, 3.05) is 18.5 Å². The van der Waals surface area contributed by atoms with E-state index in [4.69, 9.17) is 20.6 Å². The first kappa shape index (κ1) is 19.8. The average Bonchev–Trinajstić information content (AvgIpc) is 3.21. The molecule has 0 atom stereocenters. The lowest BCUT2D eigenvalue weighted by atomic mass is 9.94. The van der Waals surface area contributed by atoms with Crippen LogP contribution in [0.3, 0.4) is 0 Å². The summed E-state index contributed by atoms with van der Waals surface area (Å²) < 4.78 is 13.6.